The van der Waals surface area contributed by atoms with Crippen LogP contribution in [0.1, 0.15) is 30.4 Å². The van der Waals surface area contributed by atoms with Crippen LogP contribution in [0.4, 0.5) is 0 Å². The molecule has 1 aromatic carbocycles. The normalized spacial score (nSPS) is 17.4. The molecule has 0 bridgehead atoms. The monoisotopic (exact) mass is 235 g/mol. The van der Waals surface area contributed by atoms with Gasteiger partial charge in [0, 0.05) is 5.56 Å². The summed E-state index contributed by atoms with van der Waals surface area (Å²) in [6.45, 7) is 2.01. The van der Waals surface area contributed by atoms with Crippen LogP contribution in [0.15, 0.2) is 12.1 Å². The van der Waals surface area contributed by atoms with Gasteiger partial charge in [-0.2, -0.15) is 5.26 Å². The maximum Gasteiger partial charge on any atom is 0.142 e. The largest absolute Gasteiger partial charge is 0.495 e. The Morgan fingerprint density at radius 3 is 2.56 bits per heavy atom. The van der Waals surface area contributed by atoms with Gasteiger partial charge in [-0.3, -0.25) is 0 Å². The number of halogens is 1. The van der Waals surface area contributed by atoms with Gasteiger partial charge < -0.3 is 4.74 Å². The van der Waals surface area contributed by atoms with Gasteiger partial charge in [0.2, 0.25) is 0 Å². The first-order valence-electron chi connectivity index (χ1n) is 5.39. The van der Waals surface area contributed by atoms with Crippen molar-refractivity contribution in [2.45, 2.75) is 31.6 Å². The molecule has 0 aliphatic heterocycles. The van der Waals surface area contributed by atoms with Crippen LogP contribution in [0.5, 0.6) is 5.75 Å². The molecule has 1 fully saturated rings. The number of hydrogen-bond donors (Lipinski definition) is 0. The summed E-state index contributed by atoms with van der Waals surface area (Å²) in [6.07, 6.45) is 2.91. The van der Waals surface area contributed by atoms with Gasteiger partial charge in [0.25, 0.3) is 0 Å². The molecule has 1 aliphatic carbocycles. The molecule has 0 heterocycles. The minimum atomic E-state index is -0.375. The fourth-order valence-corrected chi connectivity index (χ4v) is 2.63. The van der Waals surface area contributed by atoms with Gasteiger partial charge >= 0.3 is 0 Å². The lowest BCUT2D eigenvalue weighted by Gasteiger charge is -2.37. The van der Waals surface area contributed by atoms with Gasteiger partial charge in [-0.05, 0) is 37.8 Å². The highest BCUT2D eigenvalue weighted by Crippen LogP contribution is 2.49. The zero-order valence-electron chi connectivity index (χ0n) is 9.51. The van der Waals surface area contributed by atoms with Crippen LogP contribution < -0.4 is 4.74 Å². The zero-order valence-corrected chi connectivity index (χ0v) is 10.3. The van der Waals surface area contributed by atoms with Crippen LogP contribution in [0.25, 0.3) is 0 Å². The number of rotatable bonds is 2. The molecule has 0 unspecified atom stereocenters. The van der Waals surface area contributed by atoms with Crippen LogP contribution in [0.2, 0.25) is 5.02 Å². The van der Waals surface area contributed by atoms with E-state index in [0.29, 0.717) is 10.8 Å². The van der Waals surface area contributed by atoms with Gasteiger partial charge in [-0.25, -0.2) is 0 Å². The minimum absolute atomic E-state index is 0.375. The molecule has 0 spiro atoms. The predicted octanol–water partition coefficient (Wildman–Crippen LogP) is 3.60. The Labute approximate surface area is 101 Å². The first-order valence-corrected chi connectivity index (χ1v) is 5.77. The van der Waals surface area contributed by atoms with E-state index in [0.717, 1.165) is 30.4 Å². The van der Waals surface area contributed by atoms with Gasteiger partial charge in [0.15, 0.2) is 0 Å². The molecule has 2 nitrogen and oxygen atoms in total. The molecule has 0 radical (unpaired) electrons. The third-order valence-electron chi connectivity index (χ3n) is 3.42. The fourth-order valence-electron chi connectivity index (χ4n) is 2.40. The molecule has 0 N–H and O–H groups in total. The van der Waals surface area contributed by atoms with E-state index >= 15 is 0 Å². The van der Waals surface area contributed by atoms with E-state index in [2.05, 4.69) is 6.07 Å². The maximum atomic E-state index is 9.38. The third kappa shape index (κ3) is 1.47. The maximum absolute atomic E-state index is 9.38. The van der Waals surface area contributed by atoms with Crippen LogP contribution >= 0.6 is 11.6 Å². The van der Waals surface area contributed by atoms with E-state index in [-0.39, 0.29) is 5.41 Å². The summed E-state index contributed by atoms with van der Waals surface area (Å²) in [5.74, 6) is 0.669. The molecule has 0 saturated heterocycles. The highest BCUT2D eigenvalue weighted by atomic mass is 35.5. The van der Waals surface area contributed by atoms with Gasteiger partial charge in [0.1, 0.15) is 5.75 Å². The molecule has 2 rings (SSSR count). The van der Waals surface area contributed by atoms with Crippen molar-refractivity contribution in [3.8, 4) is 11.8 Å². The lowest BCUT2D eigenvalue weighted by molar-refractivity contribution is 0.305. The van der Waals surface area contributed by atoms with Crippen molar-refractivity contribution in [2.24, 2.45) is 0 Å². The Balaban J connectivity index is 2.63. The van der Waals surface area contributed by atoms with Crippen molar-refractivity contribution in [1.82, 2.24) is 0 Å². The van der Waals surface area contributed by atoms with Crippen LogP contribution in [-0.4, -0.2) is 7.11 Å². The number of methoxy groups -OCH3 is 1. The minimum Gasteiger partial charge on any atom is -0.495 e. The standard InChI is InChI=1S/C13H14ClNO/c1-9-4-5-10(14)12(16-2)11(9)13(8-15)6-3-7-13/h4-5H,3,6-7H2,1-2H3. The number of hydrogen-bond acceptors (Lipinski definition) is 2. The van der Waals surface area contributed by atoms with E-state index in [4.69, 9.17) is 16.3 Å². The van der Waals surface area contributed by atoms with Crippen molar-refractivity contribution in [3.63, 3.8) is 0 Å². The smallest absolute Gasteiger partial charge is 0.142 e. The molecular formula is C13H14ClNO. The summed E-state index contributed by atoms with van der Waals surface area (Å²) < 4.78 is 5.36. The van der Waals surface area contributed by atoms with Gasteiger partial charge in [-0.15, -0.1) is 0 Å². The average molecular weight is 236 g/mol. The Morgan fingerprint density at radius 2 is 2.12 bits per heavy atom. The number of aryl methyl sites for hydroxylation is 1. The molecule has 1 saturated carbocycles. The zero-order chi connectivity index (χ0) is 11.8. The molecule has 84 valence electrons. The highest BCUT2D eigenvalue weighted by Gasteiger charge is 2.42. The number of nitriles is 1. The van der Waals surface area contributed by atoms with E-state index < -0.39 is 0 Å². The Morgan fingerprint density at radius 1 is 1.44 bits per heavy atom. The Hall–Kier alpha value is -1.20. The van der Waals surface area contributed by atoms with Crippen LogP contribution in [-0.2, 0) is 5.41 Å². The Bertz CT molecular complexity index is 458. The molecule has 0 amide bonds. The van der Waals surface area contributed by atoms with Gasteiger partial charge in [0.05, 0.1) is 23.6 Å². The van der Waals surface area contributed by atoms with Gasteiger partial charge in [-0.1, -0.05) is 17.7 Å². The fraction of sp³-hybridized carbons (Fsp3) is 0.462. The number of ether oxygens (including phenoxy) is 1. The predicted molar refractivity (Wildman–Crippen MR) is 63.9 cm³/mol. The summed E-state index contributed by atoms with van der Waals surface area (Å²) in [6, 6.07) is 6.21. The molecule has 1 aliphatic rings. The third-order valence-corrected chi connectivity index (χ3v) is 3.72. The lowest BCUT2D eigenvalue weighted by Crippen LogP contribution is -2.33. The van der Waals surface area contributed by atoms with Crippen molar-refractivity contribution < 1.29 is 4.74 Å². The quantitative estimate of drug-likeness (QED) is 0.785. The first-order chi connectivity index (χ1) is 7.64. The summed E-state index contributed by atoms with van der Waals surface area (Å²) in [5, 5.41) is 9.96. The molecular weight excluding hydrogens is 222 g/mol. The van der Waals surface area contributed by atoms with E-state index in [1.807, 2.05) is 19.1 Å². The molecule has 0 atom stereocenters. The number of benzene rings is 1. The van der Waals surface area contributed by atoms with Crippen molar-refractivity contribution >= 4 is 11.6 Å². The molecule has 0 aromatic heterocycles. The lowest BCUT2D eigenvalue weighted by atomic mass is 9.64. The summed E-state index contributed by atoms with van der Waals surface area (Å²) in [7, 11) is 1.61. The SMILES string of the molecule is COc1c(Cl)ccc(C)c1C1(C#N)CCC1. The summed E-state index contributed by atoms with van der Waals surface area (Å²) >= 11 is 6.11. The molecule has 1 aromatic rings. The van der Waals surface area contributed by atoms with Crippen LogP contribution in [0.3, 0.4) is 0 Å². The molecule has 3 heteroatoms. The van der Waals surface area contributed by atoms with Crippen molar-refractivity contribution in [1.29, 1.82) is 5.26 Å². The average Bonchev–Trinajstić information content (AvgIpc) is 2.22. The van der Waals surface area contributed by atoms with Crippen LogP contribution in [0, 0.1) is 18.3 Å². The van der Waals surface area contributed by atoms with E-state index in [1.165, 1.54) is 0 Å². The summed E-state index contributed by atoms with van der Waals surface area (Å²) in [5.41, 5.74) is 1.69. The topological polar surface area (TPSA) is 33.0 Å². The number of nitrogens with zero attached hydrogens (tertiary/aromatic N) is 1. The summed E-state index contributed by atoms with van der Waals surface area (Å²) in [4.78, 5) is 0. The molecule has 16 heavy (non-hydrogen) atoms. The van der Waals surface area contributed by atoms with E-state index in [9.17, 15) is 5.26 Å². The van der Waals surface area contributed by atoms with Crippen molar-refractivity contribution in [2.75, 3.05) is 7.11 Å². The van der Waals surface area contributed by atoms with E-state index in [1.54, 1.807) is 7.11 Å². The Kier molecular flexibility index (Phi) is 2.82. The van der Waals surface area contributed by atoms with Crippen molar-refractivity contribution in [3.05, 3.63) is 28.3 Å². The second-order valence-electron chi connectivity index (χ2n) is 4.32. The highest BCUT2D eigenvalue weighted by molar-refractivity contribution is 6.32. The first kappa shape index (κ1) is 11.3. The second-order valence-corrected chi connectivity index (χ2v) is 4.73. The second kappa shape index (κ2) is 3.99.